The average Bonchev–Trinajstić information content (AvgIpc) is 3.03. The molecule has 0 atom stereocenters. The fourth-order valence-electron chi connectivity index (χ4n) is 1.34. The van der Waals surface area contributed by atoms with Crippen LogP contribution >= 0.6 is 0 Å². The topological polar surface area (TPSA) is 54.0 Å². The first-order chi connectivity index (χ1) is 7.34. The van der Waals surface area contributed by atoms with E-state index in [1.165, 1.54) is 12.8 Å². The molecule has 1 fully saturated rings. The van der Waals surface area contributed by atoms with Crippen LogP contribution in [0.2, 0.25) is 0 Å². The highest BCUT2D eigenvalue weighted by Crippen LogP contribution is 2.18. The van der Waals surface area contributed by atoms with Gasteiger partial charge in [0, 0.05) is 37.1 Å². The molecule has 80 valence electrons. The minimum Gasteiger partial charge on any atom is -0.326 e. The molecule has 0 saturated heterocycles. The molecule has 0 radical (unpaired) electrons. The van der Waals surface area contributed by atoms with Gasteiger partial charge in [-0.25, -0.2) is 0 Å². The number of rotatable bonds is 5. The SMILES string of the molecule is O=C(CCNC1CC1)Nc1ccncc1. The van der Waals surface area contributed by atoms with E-state index in [9.17, 15) is 4.79 Å². The van der Waals surface area contributed by atoms with Gasteiger partial charge in [-0.05, 0) is 25.0 Å². The number of hydrogen-bond donors (Lipinski definition) is 2. The Balaban J connectivity index is 1.67. The van der Waals surface area contributed by atoms with E-state index in [-0.39, 0.29) is 5.91 Å². The van der Waals surface area contributed by atoms with Crippen molar-refractivity contribution in [2.45, 2.75) is 25.3 Å². The number of pyridine rings is 1. The molecule has 15 heavy (non-hydrogen) atoms. The predicted octanol–water partition coefficient (Wildman–Crippen LogP) is 1.16. The van der Waals surface area contributed by atoms with Crippen molar-refractivity contribution < 1.29 is 4.79 Å². The zero-order valence-corrected chi connectivity index (χ0v) is 8.57. The van der Waals surface area contributed by atoms with Crippen LogP contribution in [0.3, 0.4) is 0 Å². The van der Waals surface area contributed by atoms with Crippen LogP contribution in [0.15, 0.2) is 24.5 Å². The minimum absolute atomic E-state index is 0.0503. The van der Waals surface area contributed by atoms with Gasteiger partial charge in [-0.2, -0.15) is 0 Å². The summed E-state index contributed by atoms with van der Waals surface area (Å²) in [6.07, 6.45) is 6.37. The zero-order valence-electron chi connectivity index (χ0n) is 8.57. The number of amides is 1. The highest BCUT2D eigenvalue weighted by molar-refractivity contribution is 5.90. The second-order valence-electron chi connectivity index (χ2n) is 3.76. The first kappa shape index (κ1) is 10.1. The van der Waals surface area contributed by atoms with Gasteiger partial charge in [-0.15, -0.1) is 0 Å². The van der Waals surface area contributed by atoms with Crippen molar-refractivity contribution in [3.63, 3.8) is 0 Å². The predicted molar refractivity (Wildman–Crippen MR) is 58.5 cm³/mol. The molecule has 1 amide bonds. The van der Waals surface area contributed by atoms with Crippen molar-refractivity contribution in [3.05, 3.63) is 24.5 Å². The fraction of sp³-hybridized carbons (Fsp3) is 0.455. The normalized spacial score (nSPS) is 14.9. The smallest absolute Gasteiger partial charge is 0.225 e. The van der Waals surface area contributed by atoms with E-state index in [2.05, 4.69) is 15.6 Å². The molecule has 1 heterocycles. The van der Waals surface area contributed by atoms with Crippen molar-refractivity contribution in [3.8, 4) is 0 Å². The second kappa shape index (κ2) is 4.89. The van der Waals surface area contributed by atoms with Crippen LogP contribution in [0.5, 0.6) is 0 Å². The lowest BCUT2D eigenvalue weighted by molar-refractivity contribution is -0.116. The van der Waals surface area contributed by atoms with Crippen LogP contribution < -0.4 is 10.6 Å². The monoisotopic (exact) mass is 205 g/mol. The lowest BCUT2D eigenvalue weighted by Gasteiger charge is -2.04. The van der Waals surface area contributed by atoms with Crippen molar-refractivity contribution in [2.24, 2.45) is 0 Å². The number of nitrogens with zero attached hydrogens (tertiary/aromatic N) is 1. The largest absolute Gasteiger partial charge is 0.326 e. The zero-order chi connectivity index (χ0) is 10.5. The van der Waals surface area contributed by atoms with Gasteiger partial charge >= 0.3 is 0 Å². The number of carbonyl (C=O) groups excluding carboxylic acids is 1. The molecule has 0 aromatic carbocycles. The maximum atomic E-state index is 11.4. The van der Waals surface area contributed by atoms with E-state index in [4.69, 9.17) is 0 Å². The molecular formula is C11H15N3O. The van der Waals surface area contributed by atoms with Gasteiger partial charge in [0.05, 0.1) is 0 Å². The van der Waals surface area contributed by atoms with Crippen LogP contribution in [0.4, 0.5) is 5.69 Å². The van der Waals surface area contributed by atoms with Gasteiger partial charge in [0.15, 0.2) is 0 Å². The lowest BCUT2D eigenvalue weighted by atomic mass is 10.3. The summed E-state index contributed by atoms with van der Waals surface area (Å²) in [6, 6.07) is 4.23. The molecule has 0 aliphatic heterocycles. The van der Waals surface area contributed by atoms with Crippen LogP contribution in [0, 0.1) is 0 Å². The highest BCUT2D eigenvalue weighted by atomic mass is 16.1. The number of carbonyl (C=O) groups is 1. The fourth-order valence-corrected chi connectivity index (χ4v) is 1.34. The maximum absolute atomic E-state index is 11.4. The molecule has 1 aliphatic rings. The van der Waals surface area contributed by atoms with Gasteiger partial charge < -0.3 is 10.6 Å². The van der Waals surface area contributed by atoms with Crippen molar-refractivity contribution in [1.29, 1.82) is 0 Å². The summed E-state index contributed by atoms with van der Waals surface area (Å²) in [6.45, 7) is 0.765. The Kier molecular flexibility index (Phi) is 3.29. The third kappa shape index (κ3) is 3.67. The Labute approximate surface area is 89.1 Å². The minimum atomic E-state index is 0.0503. The van der Waals surface area contributed by atoms with Gasteiger partial charge in [-0.1, -0.05) is 0 Å². The second-order valence-corrected chi connectivity index (χ2v) is 3.76. The van der Waals surface area contributed by atoms with Gasteiger partial charge in [0.2, 0.25) is 5.91 Å². The summed E-state index contributed by atoms with van der Waals surface area (Å²) >= 11 is 0. The van der Waals surface area contributed by atoms with E-state index < -0.39 is 0 Å². The van der Waals surface area contributed by atoms with Crippen LogP contribution in [0.1, 0.15) is 19.3 Å². The van der Waals surface area contributed by atoms with Gasteiger partial charge in [0.25, 0.3) is 0 Å². The van der Waals surface area contributed by atoms with Gasteiger partial charge in [-0.3, -0.25) is 9.78 Å². The Morgan fingerprint density at radius 1 is 1.40 bits per heavy atom. The summed E-state index contributed by atoms with van der Waals surface area (Å²) in [5.41, 5.74) is 0.807. The van der Waals surface area contributed by atoms with Crippen molar-refractivity contribution >= 4 is 11.6 Å². The van der Waals surface area contributed by atoms with E-state index in [0.717, 1.165) is 12.2 Å². The Morgan fingerprint density at radius 3 is 2.80 bits per heavy atom. The highest BCUT2D eigenvalue weighted by Gasteiger charge is 2.19. The van der Waals surface area contributed by atoms with Crippen LogP contribution in [-0.2, 0) is 4.79 Å². The summed E-state index contributed by atoms with van der Waals surface area (Å²) in [5, 5.41) is 6.12. The van der Waals surface area contributed by atoms with E-state index in [1.54, 1.807) is 24.5 Å². The summed E-state index contributed by atoms with van der Waals surface area (Å²) in [4.78, 5) is 15.3. The third-order valence-electron chi connectivity index (χ3n) is 2.33. The molecule has 0 unspecified atom stereocenters. The molecule has 4 heteroatoms. The molecule has 0 bridgehead atoms. The Hall–Kier alpha value is -1.42. The molecule has 1 aromatic rings. The molecule has 2 rings (SSSR count). The molecule has 0 spiro atoms. The standard InChI is InChI=1S/C11H15N3O/c15-11(5-8-13-9-1-2-9)14-10-3-6-12-7-4-10/h3-4,6-7,9,13H,1-2,5,8H2,(H,12,14,15). The average molecular weight is 205 g/mol. The number of aromatic nitrogens is 1. The Bertz CT molecular complexity index is 322. The van der Waals surface area contributed by atoms with Crippen molar-refractivity contribution in [1.82, 2.24) is 10.3 Å². The molecule has 4 nitrogen and oxygen atoms in total. The van der Waals surface area contributed by atoms with Crippen LogP contribution in [0.25, 0.3) is 0 Å². The molecule has 1 saturated carbocycles. The lowest BCUT2D eigenvalue weighted by Crippen LogP contribution is -2.23. The summed E-state index contributed by atoms with van der Waals surface area (Å²) in [7, 11) is 0. The number of anilines is 1. The maximum Gasteiger partial charge on any atom is 0.225 e. The molecular weight excluding hydrogens is 190 g/mol. The summed E-state index contributed by atoms with van der Waals surface area (Å²) in [5.74, 6) is 0.0503. The Morgan fingerprint density at radius 2 is 2.13 bits per heavy atom. The first-order valence-electron chi connectivity index (χ1n) is 5.28. The van der Waals surface area contributed by atoms with E-state index in [1.807, 2.05) is 0 Å². The molecule has 1 aliphatic carbocycles. The molecule has 2 N–H and O–H groups in total. The van der Waals surface area contributed by atoms with E-state index >= 15 is 0 Å². The van der Waals surface area contributed by atoms with Crippen LogP contribution in [-0.4, -0.2) is 23.5 Å². The van der Waals surface area contributed by atoms with Crippen molar-refractivity contribution in [2.75, 3.05) is 11.9 Å². The molecule has 1 aromatic heterocycles. The summed E-state index contributed by atoms with van der Waals surface area (Å²) < 4.78 is 0. The van der Waals surface area contributed by atoms with Gasteiger partial charge in [0.1, 0.15) is 0 Å². The quantitative estimate of drug-likeness (QED) is 0.758. The van der Waals surface area contributed by atoms with E-state index in [0.29, 0.717) is 12.5 Å². The first-order valence-corrected chi connectivity index (χ1v) is 5.28. The number of hydrogen-bond acceptors (Lipinski definition) is 3. The third-order valence-corrected chi connectivity index (χ3v) is 2.33. The number of nitrogens with one attached hydrogen (secondary N) is 2.